The van der Waals surface area contributed by atoms with Crippen LogP contribution in [0.25, 0.3) is 22.2 Å². The van der Waals surface area contributed by atoms with Gasteiger partial charge in [-0.1, -0.05) is 77.3 Å². The minimum atomic E-state index is -0.332. The molecule has 0 bridgehead atoms. The van der Waals surface area contributed by atoms with Crippen LogP contribution in [0.3, 0.4) is 0 Å². The Labute approximate surface area is 176 Å². The largest absolute Gasteiger partial charge is 0.319 e. The third-order valence-electron chi connectivity index (χ3n) is 4.31. The molecule has 0 saturated carbocycles. The number of benzene rings is 3. The van der Waals surface area contributed by atoms with E-state index < -0.39 is 0 Å². The highest BCUT2D eigenvalue weighted by Crippen LogP contribution is 2.33. The average molecular weight is 428 g/mol. The molecule has 0 aliphatic heterocycles. The van der Waals surface area contributed by atoms with Crippen LogP contribution in [0.4, 0.5) is 5.69 Å². The van der Waals surface area contributed by atoms with E-state index in [1.54, 1.807) is 30.3 Å². The molecule has 3 aromatic carbocycles. The first-order valence-corrected chi connectivity index (χ1v) is 9.58. The van der Waals surface area contributed by atoms with Crippen molar-refractivity contribution in [2.45, 2.75) is 0 Å². The maximum atomic E-state index is 13.1. The second-order valence-corrected chi connectivity index (χ2v) is 7.32. The Hall–Kier alpha value is -2.59. The highest BCUT2D eigenvalue weighted by Gasteiger charge is 2.17. The van der Waals surface area contributed by atoms with E-state index in [0.717, 1.165) is 10.9 Å². The summed E-state index contributed by atoms with van der Waals surface area (Å²) >= 11 is 18.7. The molecule has 6 heteroatoms. The lowest BCUT2D eigenvalue weighted by molar-refractivity contribution is 0.102. The van der Waals surface area contributed by atoms with Gasteiger partial charge in [-0.3, -0.25) is 4.79 Å². The number of carbonyl (C=O) groups is 1. The van der Waals surface area contributed by atoms with Gasteiger partial charge in [-0.2, -0.15) is 0 Å². The average Bonchev–Trinajstić information content (AvgIpc) is 2.70. The summed E-state index contributed by atoms with van der Waals surface area (Å²) in [6.07, 6.45) is 0. The zero-order valence-corrected chi connectivity index (χ0v) is 16.7. The lowest BCUT2D eigenvalue weighted by Crippen LogP contribution is -2.14. The second-order valence-electron chi connectivity index (χ2n) is 6.10. The fraction of sp³-hybridized carbons (Fsp3) is 0. The molecule has 0 aliphatic rings. The van der Waals surface area contributed by atoms with Crippen LogP contribution in [0.2, 0.25) is 15.1 Å². The van der Waals surface area contributed by atoms with E-state index >= 15 is 0 Å². The minimum Gasteiger partial charge on any atom is -0.319 e. The first-order valence-electron chi connectivity index (χ1n) is 8.44. The Morgan fingerprint density at radius 3 is 2.18 bits per heavy atom. The van der Waals surface area contributed by atoms with Crippen molar-refractivity contribution in [3.63, 3.8) is 0 Å². The zero-order chi connectivity index (χ0) is 19.7. The summed E-state index contributed by atoms with van der Waals surface area (Å²) in [6, 6.07) is 21.6. The maximum absolute atomic E-state index is 13.1. The molecule has 0 radical (unpaired) electrons. The molecule has 0 fully saturated rings. The van der Waals surface area contributed by atoms with Crippen molar-refractivity contribution in [2.75, 3.05) is 5.32 Å². The minimum absolute atomic E-state index is 0.332. The standard InChI is InChI=1S/C22H13Cl3N2O/c23-16-8-3-1-7-14(16)20-12-15(13-6-2-4-11-19(13)26-20)22(28)27-21-17(24)9-5-10-18(21)25/h1-12H,(H,27,28). The summed E-state index contributed by atoms with van der Waals surface area (Å²) < 4.78 is 0. The topological polar surface area (TPSA) is 42.0 Å². The molecule has 138 valence electrons. The number of rotatable bonds is 3. The fourth-order valence-electron chi connectivity index (χ4n) is 2.97. The Kier molecular flexibility index (Phi) is 5.23. The Morgan fingerprint density at radius 2 is 1.43 bits per heavy atom. The van der Waals surface area contributed by atoms with Crippen LogP contribution in [0, 0.1) is 0 Å². The molecular formula is C22H13Cl3N2O. The quantitative estimate of drug-likeness (QED) is 0.378. The molecule has 0 aliphatic carbocycles. The molecule has 1 heterocycles. The fourth-order valence-corrected chi connectivity index (χ4v) is 3.69. The summed E-state index contributed by atoms with van der Waals surface area (Å²) in [7, 11) is 0. The van der Waals surface area contributed by atoms with E-state index in [4.69, 9.17) is 34.8 Å². The van der Waals surface area contributed by atoms with Crippen molar-refractivity contribution in [3.05, 3.63) is 93.4 Å². The Balaban J connectivity index is 1.86. The number of amides is 1. The number of fused-ring (bicyclic) bond motifs is 1. The van der Waals surface area contributed by atoms with E-state index in [9.17, 15) is 4.79 Å². The predicted molar refractivity (Wildman–Crippen MR) is 117 cm³/mol. The van der Waals surface area contributed by atoms with Crippen LogP contribution in [-0.2, 0) is 0 Å². The van der Waals surface area contributed by atoms with Gasteiger partial charge < -0.3 is 5.32 Å². The van der Waals surface area contributed by atoms with Crippen LogP contribution in [0.5, 0.6) is 0 Å². The summed E-state index contributed by atoms with van der Waals surface area (Å²) in [5.74, 6) is -0.332. The van der Waals surface area contributed by atoms with E-state index in [1.807, 2.05) is 42.5 Å². The summed E-state index contributed by atoms with van der Waals surface area (Å²) in [6.45, 7) is 0. The normalized spacial score (nSPS) is 10.8. The highest BCUT2D eigenvalue weighted by atomic mass is 35.5. The monoisotopic (exact) mass is 426 g/mol. The van der Waals surface area contributed by atoms with Gasteiger partial charge in [0.2, 0.25) is 0 Å². The number of nitrogens with zero attached hydrogens (tertiary/aromatic N) is 1. The van der Waals surface area contributed by atoms with Crippen LogP contribution >= 0.6 is 34.8 Å². The van der Waals surface area contributed by atoms with Crippen molar-refractivity contribution in [1.29, 1.82) is 0 Å². The summed E-state index contributed by atoms with van der Waals surface area (Å²) in [5.41, 5.74) is 2.88. The van der Waals surface area contributed by atoms with E-state index in [-0.39, 0.29) is 5.91 Å². The van der Waals surface area contributed by atoms with Gasteiger partial charge in [0.15, 0.2) is 0 Å². The second kappa shape index (κ2) is 7.80. The Morgan fingerprint density at radius 1 is 0.786 bits per heavy atom. The molecule has 0 spiro atoms. The SMILES string of the molecule is O=C(Nc1c(Cl)cccc1Cl)c1cc(-c2ccccc2Cl)nc2ccccc12. The van der Waals surface area contributed by atoms with Gasteiger partial charge in [0.25, 0.3) is 5.91 Å². The third kappa shape index (κ3) is 3.57. The van der Waals surface area contributed by atoms with Gasteiger partial charge in [0, 0.05) is 16.0 Å². The van der Waals surface area contributed by atoms with Crippen LogP contribution in [0.1, 0.15) is 10.4 Å². The number of anilines is 1. The third-order valence-corrected chi connectivity index (χ3v) is 5.27. The molecule has 1 aromatic heterocycles. The summed E-state index contributed by atoms with van der Waals surface area (Å²) in [4.78, 5) is 17.8. The molecule has 0 unspecified atom stereocenters. The molecule has 4 aromatic rings. The number of aromatic nitrogens is 1. The highest BCUT2D eigenvalue weighted by molar-refractivity contribution is 6.40. The molecule has 28 heavy (non-hydrogen) atoms. The van der Waals surface area contributed by atoms with Crippen molar-refractivity contribution in [2.24, 2.45) is 0 Å². The van der Waals surface area contributed by atoms with Crippen LogP contribution < -0.4 is 5.32 Å². The van der Waals surface area contributed by atoms with Crippen molar-refractivity contribution in [1.82, 2.24) is 4.98 Å². The Bertz CT molecular complexity index is 1190. The van der Waals surface area contributed by atoms with Gasteiger partial charge in [-0.05, 0) is 30.3 Å². The molecule has 0 saturated heterocycles. The molecule has 0 atom stereocenters. The van der Waals surface area contributed by atoms with Crippen molar-refractivity contribution in [3.8, 4) is 11.3 Å². The van der Waals surface area contributed by atoms with Crippen molar-refractivity contribution >= 4 is 57.3 Å². The maximum Gasteiger partial charge on any atom is 0.256 e. The molecule has 1 amide bonds. The van der Waals surface area contributed by atoms with Crippen LogP contribution in [-0.4, -0.2) is 10.9 Å². The first kappa shape index (κ1) is 18.8. The van der Waals surface area contributed by atoms with Crippen molar-refractivity contribution < 1.29 is 4.79 Å². The number of halogens is 3. The predicted octanol–water partition coefficient (Wildman–Crippen LogP) is 7.11. The van der Waals surface area contributed by atoms with Gasteiger partial charge in [-0.15, -0.1) is 0 Å². The van der Waals surface area contributed by atoms with Gasteiger partial charge in [0.05, 0.1) is 32.5 Å². The summed E-state index contributed by atoms with van der Waals surface area (Å²) in [5, 5.41) is 4.83. The molecule has 3 nitrogen and oxygen atoms in total. The number of nitrogens with one attached hydrogen (secondary N) is 1. The van der Waals surface area contributed by atoms with Crippen LogP contribution in [0.15, 0.2) is 72.8 Å². The van der Waals surface area contributed by atoms with E-state index in [2.05, 4.69) is 10.3 Å². The molecule has 1 N–H and O–H groups in total. The van der Waals surface area contributed by atoms with Gasteiger partial charge in [-0.25, -0.2) is 4.98 Å². The van der Waals surface area contributed by atoms with Gasteiger partial charge >= 0.3 is 0 Å². The number of pyridine rings is 1. The van der Waals surface area contributed by atoms with Gasteiger partial charge in [0.1, 0.15) is 0 Å². The smallest absolute Gasteiger partial charge is 0.256 e. The number of hydrogen-bond donors (Lipinski definition) is 1. The number of carbonyl (C=O) groups excluding carboxylic acids is 1. The number of para-hydroxylation sites is 2. The molecule has 4 rings (SSSR count). The van der Waals surface area contributed by atoms with E-state index in [1.165, 1.54) is 0 Å². The lowest BCUT2D eigenvalue weighted by Gasteiger charge is -2.13. The molecular weight excluding hydrogens is 415 g/mol. The zero-order valence-electron chi connectivity index (χ0n) is 14.4. The lowest BCUT2D eigenvalue weighted by atomic mass is 10.0. The van der Waals surface area contributed by atoms with E-state index in [0.29, 0.717) is 37.5 Å². The first-order chi connectivity index (χ1) is 13.5. The number of hydrogen-bond acceptors (Lipinski definition) is 2.